The highest BCUT2D eigenvalue weighted by Gasteiger charge is 2.27. The van der Waals surface area contributed by atoms with Crippen molar-refractivity contribution in [3.63, 3.8) is 0 Å². The first-order chi connectivity index (χ1) is 7.66. The zero-order valence-corrected chi connectivity index (χ0v) is 8.89. The Labute approximate surface area is 93.9 Å². The maximum absolute atomic E-state index is 10.9. The number of phenols is 1. The predicted molar refractivity (Wildman–Crippen MR) is 59.2 cm³/mol. The number of benzene rings is 1. The lowest BCUT2D eigenvalue weighted by Gasteiger charge is -2.28. The van der Waals surface area contributed by atoms with Crippen LogP contribution >= 0.6 is 0 Å². The van der Waals surface area contributed by atoms with Gasteiger partial charge in [0.25, 0.3) is 0 Å². The van der Waals surface area contributed by atoms with Gasteiger partial charge in [-0.1, -0.05) is 12.1 Å². The molecule has 0 aliphatic carbocycles. The standard InChI is InChI=1S/C12H15NO3/c14-10-3-1-8(2-4-10)11-7-9(12(15)16)5-6-13-11/h1-4,9,11,13-14H,5-7H2,(H,15,16). The Morgan fingerprint density at radius 2 is 2.00 bits per heavy atom. The van der Waals surface area contributed by atoms with Crippen molar-refractivity contribution in [2.45, 2.75) is 18.9 Å². The summed E-state index contributed by atoms with van der Waals surface area (Å²) in [6, 6.07) is 6.99. The molecule has 1 fully saturated rings. The summed E-state index contributed by atoms with van der Waals surface area (Å²) in [5.74, 6) is -0.750. The molecule has 4 heteroatoms. The third-order valence-electron chi connectivity index (χ3n) is 3.05. The van der Waals surface area contributed by atoms with Crippen molar-refractivity contribution < 1.29 is 15.0 Å². The number of hydrogen-bond donors (Lipinski definition) is 3. The summed E-state index contributed by atoms with van der Waals surface area (Å²) in [7, 11) is 0. The van der Waals surface area contributed by atoms with Crippen LogP contribution in [0.4, 0.5) is 0 Å². The second-order valence-corrected chi connectivity index (χ2v) is 4.16. The molecule has 1 aliphatic heterocycles. The lowest BCUT2D eigenvalue weighted by atomic mass is 9.89. The number of aliphatic carboxylic acids is 1. The third-order valence-corrected chi connectivity index (χ3v) is 3.05. The number of nitrogens with one attached hydrogen (secondary N) is 1. The fourth-order valence-electron chi connectivity index (χ4n) is 2.10. The van der Waals surface area contributed by atoms with Gasteiger partial charge in [-0.15, -0.1) is 0 Å². The number of aromatic hydroxyl groups is 1. The molecule has 3 N–H and O–H groups in total. The number of carboxylic acids is 1. The number of hydrogen-bond acceptors (Lipinski definition) is 3. The zero-order valence-electron chi connectivity index (χ0n) is 8.89. The highest BCUT2D eigenvalue weighted by atomic mass is 16.4. The molecule has 0 saturated carbocycles. The summed E-state index contributed by atoms with van der Waals surface area (Å²) in [4.78, 5) is 10.9. The van der Waals surface area contributed by atoms with Crippen LogP contribution in [0.1, 0.15) is 24.4 Å². The second-order valence-electron chi connectivity index (χ2n) is 4.16. The van der Waals surface area contributed by atoms with Gasteiger partial charge in [0.15, 0.2) is 0 Å². The molecular formula is C12H15NO3. The highest BCUT2D eigenvalue weighted by Crippen LogP contribution is 2.28. The van der Waals surface area contributed by atoms with E-state index in [9.17, 15) is 9.90 Å². The monoisotopic (exact) mass is 221 g/mol. The number of carboxylic acid groups (broad SMARTS) is 1. The Hall–Kier alpha value is -1.55. The summed E-state index contributed by atoms with van der Waals surface area (Å²) < 4.78 is 0. The molecule has 1 saturated heterocycles. The Morgan fingerprint density at radius 3 is 2.62 bits per heavy atom. The van der Waals surface area contributed by atoms with Gasteiger partial charge in [-0.25, -0.2) is 0 Å². The molecule has 86 valence electrons. The first-order valence-electron chi connectivity index (χ1n) is 5.42. The van der Waals surface area contributed by atoms with Gasteiger partial charge in [0, 0.05) is 6.04 Å². The van der Waals surface area contributed by atoms with Crippen molar-refractivity contribution in [1.82, 2.24) is 5.32 Å². The van der Waals surface area contributed by atoms with Crippen LogP contribution in [-0.2, 0) is 4.79 Å². The van der Waals surface area contributed by atoms with E-state index >= 15 is 0 Å². The van der Waals surface area contributed by atoms with Crippen LogP contribution in [0.5, 0.6) is 5.75 Å². The Morgan fingerprint density at radius 1 is 1.31 bits per heavy atom. The van der Waals surface area contributed by atoms with E-state index in [-0.39, 0.29) is 17.7 Å². The molecule has 0 spiro atoms. The summed E-state index contributed by atoms with van der Waals surface area (Å²) in [5, 5.41) is 21.5. The molecule has 1 heterocycles. The summed E-state index contributed by atoms with van der Waals surface area (Å²) >= 11 is 0. The molecule has 2 atom stereocenters. The molecule has 0 radical (unpaired) electrons. The fraction of sp³-hybridized carbons (Fsp3) is 0.417. The van der Waals surface area contributed by atoms with Crippen molar-refractivity contribution in [1.29, 1.82) is 0 Å². The Bertz CT molecular complexity index is 374. The van der Waals surface area contributed by atoms with E-state index in [4.69, 9.17) is 5.11 Å². The van der Waals surface area contributed by atoms with Crippen molar-refractivity contribution in [2.75, 3.05) is 6.54 Å². The van der Waals surface area contributed by atoms with Crippen molar-refractivity contribution in [3.05, 3.63) is 29.8 Å². The van der Waals surface area contributed by atoms with Gasteiger partial charge < -0.3 is 15.5 Å². The van der Waals surface area contributed by atoms with E-state index in [2.05, 4.69) is 5.32 Å². The van der Waals surface area contributed by atoms with Gasteiger partial charge >= 0.3 is 5.97 Å². The normalized spacial score (nSPS) is 25.2. The van der Waals surface area contributed by atoms with Crippen LogP contribution < -0.4 is 5.32 Å². The topological polar surface area (TPSA) is 69.6 Å². The maximum atomic E-state index is 10.9. The summed E-state index contributed by atoms with van der Waals surface area (Å²) in [6.45, 7) is 0.725. The maximum Gasteiger partial charge on any atom is 0.306 e. The van der Waals surface area contributed by atoms with Gasteiger partial charge in [-0.3, -0.25) is 4.79 Å². The van der Waals surface area contributed by atoms with E-state index in [1.54, 1.807) is 12.1 Å². The second kappa shape index (κ2) is 4.53. The minimum Gasteiger partial charge on any atom is -0.508 e. The molecule has 4 nitrogen and oxygen atoms in total. The van der Waals surface area contributed by atoms with Gasteiger partial charge in [0.05, 0.1) is 5.92 Å². The van der Waals surface area contributed by atoms with Gasteiger partial charge in [0.1, 0.15) is 5.75 Å². The van der Waals surface area contributed by atoms with Gasteiger partial charge in [0.2, 0.25) is 0 Å². The largest absolute Gasteiger partial charge is 0.508 e. The van der Waals surface area contributed by atoms with Gasteiger partial charge in [-0.2, -0.15) is 0 Å². The Balaban J connectivity index is 2.09. The SMILES string of the molecule is O=C(O)C1CCNC(c2ccc(O)cc2)C1. The van der Waals surface area contributed by atoms with Crippen LogP contribution in [-0.4, -0.2) is 22.7 Å². The lowest BCUT2D eigenvalue weighted by Crippen LogP contribution is -2.34. The summed E-state index contributed by atoms with van der Waals surface area (Å²) in [6.07, 6.45) is 1.30. The lowest BCUT2D eigenvalue weighted by molar-refractivity contribution is -0.143. The average Bonchev–Trinajstić information content (AvgIpc) is 2.30. The number of piperidine rings is 1. The first-order valence-corrected chi connectivity index (χ1v) is 5.42. The van der Waals surface area contributed by atoms with E-state index in [0.29, 0.717) is 12.8 Å². The molecule has 16 heavy (non-hydrogen) atoms. The van der Waals surface area contributed by atoms with Gasteiger partial charge in [-0.05, 0) is 37.1 Å². The van der Waals surface area contributed by atoms with Crippen LogP contribution in [0, 0.1) is 5.92 Å². The number of carbonyl (C=O) groups is 1. The van der Waals surface area contributed by atoms with E-state index in [1.165, 1.54) is 0 Å². The van der Waals surface area contributed by atoms with Crippen LogP contribution in [0.2, 0.25) is 0 Å². The van der Waals surface area contributed by atoms with Crippen molar-refractivity contribution in [3.8, 4) is 5.75 Å². The van der Waals surface area contributed by atoms with E-state index < -0.39 is 5.97 Å². The predicted octanol–water partition coefficient (Wildman–Crippen LogP) is 1.52. The van der Waals surface area contributed by atoms with Crippen LogP contribution in [0.15, 0.2) is 24.3 Å². The van der Waals surface area contributed by atoms with E-state index in [1.807, 2.05) is 12.1 Å². The molecule has 1 aromatic rings. The molecule has 2 rings (SSSR count). The molecule has 2 unspecified atom stereocenters. The summed E-state index contributed by atoms with van der Waals surface area (Å²) in [5.41, 5.74) is 1.03. The smallest absolute Gasteiger partial charge is 0.306 e. The van der Waals surface area contributed by atoms with Crippen molar-refractivity contribution >= 4 is 5.97 Å². The van der Waals surface area contributed by atoms with E-state index in [0.717, 1.165) is 12.1 Å². The third kappa shape index (κ3) is 2.33. The first kappa shape index (κ1) is 11.0. The fourth-order valence-corrected chi connectivity index (χ4v) is 2.10. The van der Waals surface area contributed by atoms with Crippen molar-refractivity contribution in [2.24, 2.45) is 5.92 Å². The minimum absolute atomic E-state index is 0.0791. The highest BCUT2D eigenvalue weighted by molar-refractivity contribution is 5.70. The number of rotatable bonds is 2. The number of phenolic OH excluding ortho intramolecular Hbond substituents is 1. The molecule has 0 bridgehead atoms. The molecule has 1 aliphatic rings. The minimum atomic E-state index is -0.717. The molecule has 1 aromatic carbocycles. The molecule has 0 aromatic heterocycles. The average molecular weight is 221 g/mol. The molecular weight excluding hydrogens is 206 g/mol. The Kier molecular flexibility index (Phi) is 3.10. The quantitative estimate of drug-likeness (QED) is 0.708. The van der Waals surface area contributed by atoms with Crippen LogP contribution in [0.25, 0.3) is 0 Å². The molecule has 0 amide bonds. The van der Waals surface area contributed by atoms with Crippen LogP contribution in [0.3, 0.4) is 0 Å². The zero-order chi connectivity index (χ0) is 11.5.